The fourth-order valence-electron chi connectivity index (χ4n) is 3.29. The lowest BCUT2D eigenvalue weighted by molar-refractivity contribution is 0.200. The summed E-state index contributed by atoms with van der Waals surface area (Å²) < 4.78 is 11.1. The SMILES string of the molecule is Cc1nc(N2CCN(CCOc3ccccc3)CC2)c2c(C)noc2n1. The highest BCUT2D eigenvalue weighted by molar-refractivity contribution is 5.88. The molecule has 7 heteroatoms. The lowest BCUT2D eigenvalue weighted by Gasteiger charge is -2.35. The van der Waals surface area contributed by atoms with Gasteiger partial charge in [-0.05, 0) is 26.0 Å². The van der Waals surface area contributed by atoms with Gasteiger partial charge in [-0.2, -0.15) is 4.98 Å². The first-order valence-corrected chi connectivity index (χ1v) is 8.96. The van der Waals surface area contributed by atoms with Crippen molar-refractivity contribution in [1.82, 2.24) is 20.0 Å². The molecule has 7 nitrogen and oxygen atoms in total. The fraction of sp³-hybridized carbons (Fsp3) is 0.421. The van der Waals surface area contributed by atoms with E-state index < -0.39 is 0 Å². The zero-order valence-corrected chi connectivity index (χ0v) is 15.2. The third kappa shape index (κ3) is 3.48. The van der Waals surface area contributed by atoms with Crippen LogP contribution in [0.2, 0.25) is 0 Å². The average molecular weight is 353 g/mol. The first kappa shape index (κ1) is 16.8. The minimum Gasteiger partial charge on any atom is -0.492 e. The molecular weight excluding hydrogens is 330 g/mol. The number of rotatable bonds is 5. The second-order valence-corrected chi connectivity index (χ2v) is 6.53. The minimum atomic E-state index is 0.573. The molecule has 1 aliphatic heterocycles. The van der Waals surface area contributed by atoms with Gasteiger partial charge in [-0.1, -0.05) is 23.4 Å². The van der Waals surface area contributed by atoms with Crippen LogP contribution in [0.15, 0.2) is 34.9 Å². The molecule has 0 atom stereocenters. The number of aryl methyl sites for hydroxylation is 2. The molecule has 2 aromatic heterocycles. The van der Waals surface area contributed by atoms with Gasteiger partial charge in [-0.25, -0.2) is 4.98 Å². The molecule has 0 saturated carbocycles. The number of ether oxygens (including phenoxy) is 1. The highest BCUT2D eigenvalue weighted by atomic mass is 16.5. The molecule has 0 aliphatic carbocycles. The van der Waals surface area contributed by atoms with Gasteiger partial charge in [0.25, 0.3) is 5.71 Å². The van der Waals surface area contributed by atoms with Gasteiger partial charge in [0.15, 0.2) is 0 Å². The van der Waals surface area contributed by atoms with Crippen molar-refractivity contribution in [2.75, 3.05) is 44.2 Å². The second-order valence-electron chi connectivity index (χ2n) is 6.53. The summed E-state index contributed by atoms with van der Waals surface area (Å²) in [4.78, 5) is 13.7. The Bertz CT molecular complexity index is 872. The molecule has 0 spiro atoms. The number of hydrogen-bond acceptors (Lipinski definition) is 7. The van der Waals surface area contributed by atoms with Gasteiger partial charge in [-0.3, -0.25) is 4.90 Å². The molecule has 26 heavy (non-hydrogen) atoms. The molecule has 0 unspecified atom stereocenters. The summed E-state index contributed by atoms with van der Waals surface area (Å²) in [7, 11) is 0. The van der Waals surface area contributed by atoms with E-state index in [4.69, 9.17) is 9.26 Å². The first-order chi connectivity index (χ1) is 12.7. The molecule has 1 fully saturated rings. The van der Waals surface area contributed by atoms with E-state index in [1.54, 1.807) is 0 Å². The highest BCUT2D eigenvalue weighted by Crippen LogP contribution is 2.27. The van der Waals surface area contributed by atoms with E-state index in [2.05, 4.69) is 24.9 Å². The number of nitrogens with zero attached hydrogens (tertiary/aromatic N) is 5. The van der Waals surface area contributed by atoms with Crippen molar-refractivity contribution in [3.05, 3.63) is 41.9 Å². The van der Waals surface area contributed by atoms with Crippen LogP contribution in [-0.4, -0.2) is 59.4 Å². The summed E-state index contributed by atoms with van der Waals surface area (Å²) in [6, 6.07) is 9.95. The largest absolute Gasteiger partial charge is 0.492 e. The Morgan fingerprint density at radius 3 is 2.58 bits per heavy atom. The van der Waals surface area contributed by atoms with E-state index in [1.165, 1.54) is 0 Å². The maximum Gasteiger partial charge on any atom is 0.263 e. The number of para-hydroxylation sites is 1. The van der Waals surface area contributed by atoms with Gasteiger partial charge in [-0.15, -0.1) is 0 Å². The van der Waals surface area contributed by atoms with E-state index in [0.29, 0.717) is 18.1 Å². The highest BCUT2D eigenvalue weighted by Gasteiger charge is 2.23. The zero-order valence-electron chi connectivity index (χ0n) is 15.2. The molecule has 0 amide bonds. The molecule has 1 aliphatic rings. The van der Waals surface area contributed by atoms with Crippen molar-refractivity contribution >= 4 is 16.9 Å². The van der Waals surface area contributed by atoms with Crippen LogP contribution in [0.3, 0.4) is 0 Å². The van der Waals surface area contributed by atoms with E-state index in [-0.39, 0.29) is 0 Å². The summed E-state index contributed by atoms with van der Waals surface area (Å²) in [5.74, 6) is 2.57. The predicted molar refractivity (Wildman–Crippen MR) is 99.7 cm³/mol. The Labute approximate surface area is 152 Å². The van der Waals surface area contributed by atoms with E-state index in [1.807, 2.05) is 44.2 Å². The van der Waals surface area contributed by atoms with Gasteiger partial charge in [0, 0.05) is 32.7 Å². The van der Waals surface area contributed by atoms with Crippen molar-refractivity contribution in [2.45, 2.75) is 13.8 Å². The molecular formula is C19H23N5O2. The molecule has 1 aromatic carbocycles. The summed E-state index contributed by atoms with van der Waals surface area (Å²) in [5.41, 5.74) is 1.41. The molecule has 0 radical (unpaired) electrons. The van der Waals surface area contributed by atoms with Crippen molar-refractivity contribution in [3.63, 3.8) is 0 Å². The van der Waals surface area contributed by atoms with Gasteiger partial charge < -0.3 is 14.2 Å². The Morgan fingerprint density at radius 1 is 1.04 bits per heavy atom. The molecule has 4 rings (SSSR count). The lowest BCUT2D eigenvalue weighted by Crippen LogP contribution is -2.47. The maximum absolute atomic E-state index is 5.80. The third-order valence-corrected chi connectivity index (χ3v) is 4.69. The van der Waals surface area contributed by atoms with Crippen LogP contribution in [0.4, 0.5) is 5.82 Å². The van der Waals surface area contributed by atoms with Crippen LogP contribution in [0.5, 0.6) is 5.75 Å². The monoisotopic (exact) mass is 353 g/mol. The number of benzene rings is 1. The minimum absolute atomic E-state index is 0.573. The van der Waals surface area contributed by atoms with Gasteiger partial charge in [0.1, 0.15) is 29.4 Å². The Morgan fingerprint density at radius 2 is 1.81 bits per heavy atom. The smallest absolute Gasteiger partial charge is 0.263 e. The first-order valence-electron chi connectivity index (χ1n) is 8.96. The van der Waals surface area contributed by atoms with Crippen LogP contribution in [-0.2, 0) is 0 Å². The second kappa shape index (κ2) is 7.29. The van der Waals surface area contributed by atoms with Crippen LogP contribution < -0.4 is 9.64 Å². The standard InChI is InChI=1S/C19H23N5O2/c1-14-17-18(20-15(2)21-19(17)26-22-14)24-10-8-23(9-11-24)12-13-25-16-6-4-3-5-7-16/h3-7H,8-13H2,1-2H3. The van der Waals surface area contributed by atoms with Crippen LogP contribution in [0.25, 0.3) is 11.1 Å². The van der Waals surface area contributed by atoms with Gasteiger partial charge >= 0.3 is 0 Å². The predicted octanol–water partition coefficient (Wildman–Crippen LogP) is 2.44. The maximum atomic E-state index is 5.80. The lowest BCUT2D eigenvalue weighted by atomic mass is 10.2. The van der Waals surface area contributed by atoms with Crippen molar-refractivity contribution in [3.8, 4) is 5.75 Å². The summed E-state index contributed by atoms with van der Waals surface area (Å²) in [6.45, 7) is 9.24. The number of fused-ring (bicyclic) bond motifs is 1. The summed E-state index contributed by atoms with van der Waals surface area (Å²) in [6.07, 6.45) is 0. The molecule has 3 heterocycles. The van der Waals surface area contributed by atoms with Crippen molar-refractivity contribution < 1.29 is 9.26 Å². The topological polar surface area (TPSA) is 67.5 Å². The molecule has 0 bridgehead atoms. The Hall–Kier alpha value is -2.67. The molecule has 3 aromatic rings. The van der Waals surface area contributed by atoms with E-state index in [0.717, 1.165) is 55.4 Å². The molecule has 136 valence electrons. The number of piperazine rings is 1. The Kier molecular flexibility index (Phi) is 4.71. The third-order valence-electron chi connectivity index (χ3n) is 4.69. The number of aromatic nitrogens is 3. The number of hydrogen-bond donors (Lipinski definition) is 0. The molecule has 0 N–H and O–H groups in total. The number of anilines is 1. The summed E-state index contributed by atoms with van der Waals surface area (Å²) >= 11 is 0. The van der Waals surface area contributed by atoms with Crippen molar-refractivity contribution in [1.29, 1.82) is 0 Å². The van der Waals surface area contributed by atoms with E-state index in [9.17, 15) is 0 Å². The fourth-order valence-corrected chi connectivity index (χ4v) is 3.29. The van der Waals surface area contributed by atoms with Crippen LogP contribution in [0, 0.1) is 13.8 Å². The quantitative estimate of drug-likeness (QED) is 0.698. The zero-order chi connectivity index (χ0) is 17.9. The van der Waals surface area contributed by atoms with E-state index >= 15 is 0 Å². The van der Waals surface area contributed by atoms with Crippen molar-refractivity contribution in [2.24, 2.45) is 0 Å². The van der Waals surface area contributed by atoms with Gasteiger partial charge in [0.2, 0.25) is 0 Å². The van der Waals surface area contributed by atoms with Gasteiger partial charge in [0.05, 0.1) is 5.69 Å². The Balaban J connectivity index is 1.36. The normalized spacial score (nSPS) is 15.5. The molecule has 1 saturated heterocycles. The van der Waals surface area contributed by atoms with Crippen LogP contribution in [0.1, 0.15) is 11.5 Å². The summed E-state index contributed by atoms with van der Waals surface area (Å²) in [5, 5.41) is 4.97. The average Bonchev–Trinajstić information content (AvgIpc) is 3.03. The van der Waals surface area contributed by atoms with Crippen LogP contribution >= 0.6 is 0 Å².